The van der Waals surface area contributed by atoms with Gasteiger partial charge in [-0.1, -0.05) is 30.3 Å². The number of benzene rings is 1. The van der Waals surface area contributed by atoms with E-state index >= 15 is 0 Å². The first-order valence-electron chi connectivity index (χ1n) is 7.84. The van der Waals surface area contributed by atoms with Crippen LogP contribution in [0.4, 0.5) is 17.3 Å². The zero-order valence-electron chi connectivity index (χ0n) is 13.3. The summed E-state index contributed by atoms with van der Waals surface area (Å²) in [5, 5.41) is 23.9. The highest BCUT2D eigenvalue weighted by Crippen LogP contribution is 2.35. The molecule has 0 saturated carbocycles. The number of carboxylic acids is 1. The quantitative estimate of drug-likeness (QED) is 0.604. The molecule has 0 unspecified atom stereocenters. The summed E-state index contributed by atoms with van der Waals surface area (Å²) >= 11 is 0. The van der Waals surface area contributed by atoms with Crippen LogP contribution in [0.15, 0.2) is 36.7 Å². The number of aromatic nitrogens is 2. The van der Waals surface area contributed by atoms with Crippen molar-refractivity contribution in [3.8, 4) is 0 Å². The molecule has 9 nitrogen and oxygen atoms in total. The highest BCUT2D eigenvalue weighted by molar-refractivity contribution is 5.81. The molecule has 2 heterocycles. The van der Waals surface area contributed by atoms with Crippen LogP contribution in [-0.2, 0) is 11.3 Å². The van der Waals surface area contributed by atoms with E-state index in [-0.39, 0.29) is 17.3 Å². The van der Waals surface area contributed by atoms with Crippen LogP contribution in [0.1, 0.15) is 18.4 Å². The van der Waals surface area contributed by atoms with Gasteiger partial charge in [0.05, 0.1) is 4.92 Å². The number of hydrogen-bond acceptors (Lipinski definition) is 7. The lowest BCUT2D eigenvalue weighted by Crippen LogP contribution is -2.37. The van der Waals surface area contributed by atoms with E-state index in [2.05, 4.69) is 15.3 Å². The van der Waals surface area contributed by atoms with Crippen molar-refractivity contribution in [3.63, 3.8) is 0 Å². The highest BCUT2D eigenvalue weighted by atomic mass is 16.6. The van der Waals surface area contributed by atoms with Gasteiger partial charge in [0.1, 0.15) is 12.4 Å². The third-order valence-electron chi connectivity index (χ3n) is 4.10. The summed E-state index contributed by atoms with van der Waals surface area (Å²) < 4.78 is 0. The van der Waals surface area contributed by atoms with Gasteiger partial charge in [0.15, 0.2) is 0 Å². The van der Waals surface area contributed by atoms with Gasteiger partial charge in [0, 0.05) is 13.1 Å². The molecule has 1 aromatic heterocycles. The lowest BCUT2D eigenvalue weighted by atomic mass is 10.2. The highest BCUT2D eigenvalue weighted by Gasteiger charge is 2.37. The number of rotatable bonds is 6. The van der Waals surface area contributed by atoms with Crippen molar-refractivity contribution in [2.75, 3.05) is 16.8 Å². The molecule has 1 atom stereocenters. The summed E-state index contributed by atoms with van der Waals surface area (Å²) in [4.78, 5) is 31.9. The van der Waals surface area contributed by atoms with E-state index in [1.807, 2.05) is 30.3 Å². The Morgan fingerprint density at radius 3 is 2.80 bits per heavy atom. The summed E-state index contributed by atoms with van der Waals surface area (Å²) in [5.41, 5.74) is 0.646. The summed E-state index contributed by atoms with van der Waals surface area (Å²) in [5.74, 6) is -0.889. The van der Waals surface area contributed by atoms with Gasteiger partial charge in [0.25, 0.3) is 0 Å². The van der Waals surface area contributed by atoms with Gasteiger partial charge in [-0.05, 0) is 18.4 Å². The van der Waals surface area contributed by atoms with E-state index in [0.29, 0.717) is 25.9 Å². The van der Waals surface area contributed by atoms with E-state index in [0.717, 1.165) is 5.56 Å². The second kappa shape index (κ2) is 7.12. The molecule has 1 aliphatic rings. The Bertz CT molecular complexity index is 783. The van der Waals surface area contributed by atoms with Gasteiger partial charge in [-0.15, -0.1) is 0 Å². The van der Waals surface area contributed by atoms with Crippen LogP contribution in [0.5, 0.6) is 0 Å². The van der Waals surface area contributed by atoms with Crippen molar-refractivity contribution in [3.05, 3.63) is 52.3 Å². The number of nitrogens with zero attached hydrogens (tertiary/aromatic N) is 4. The van der Waals surface area contributed by atoms with E-state index in [9.17, 15) is 20.0 Å². The number of nitro groups is 1. The summed E-state index contributed by atoms with van der Waals surface area (Å²) in [6.45, 7) is 0.771. The van der Waals surface area contributed by atoms with Crippen LogP contribution in [0, 0.1) is 10.1 Å². The molecule has 0 spiro atoms. The van der Waals surface area contributed by atoms with E-state index in [1.54, 1.807) is 0 Å². The van der Waals surface area contributed by atoms with Crippen LogP contribution in [0.3, 0.4) is 0 Å². The van der Waals surface area contributed by atoms with Crippen molar-refractivity contribution in [1.82, 2.24) is 9.97 Å². The molecule has 3 rings (SSSR count). The van der Waals surface area contributed by atoms with Crippen LogP contribution in [0.2, 0.25) is 0 Å². The van der Waals surface area contributed by atoms with Crippen LogP contribution >= 0.6 is 0 Å². The molecule has 9 heteroatoms. The molecule has 0 bridgehead atoms. The lowest BCUT2D eigenvalue weighted by Gasteiger charge is -2.22. The summed E-state index contributed by atoms with van der Waals surface area (Å²) in [7, 11) is 0. The summed E-state index contributed by atoms with van der Waals surface area (Å²) in [6, 6.07) is 8.60. The minimum atomic E-state index is -1.01. The monoisotopic (exact) mass is 343 g/mol. The number of carbonyl (C=O) groups is 1. The molecular weight excluding hydrogens is 326 g/mol. The topological polar surface area (TPSA) is 121 Å². The maximum atomic E-state index is 11.6. The number of carboxylic acid groups (broad SMARTS) is 1. The van der Waals surface area contributed by atoms with Crippen molar-refractivity contribution in [2.24, 2.45) is 0 Å². The van der Waals surface area contributed by atoms with Gasteiger partial charge < -0.3 is 15.3 Å². The van der Waals surface area contributed by atoms with E-state index in [4.69, 9.17) is 0 Å². The molecule has 130 valence electrons. The first kappa shape index (κ1) is 16.6. The molecule has 2 N–H and O–H groups in total. The maximum absolute atomic E-state index is 11.6. The molecular formula is C16H17N5O4. The first-order valence-corrected chi connectivity index (χ1v) is 7.84. The minimum Gasteiger partial charge on any atom is -0.480 e. The van der Waals surface area contributed by atoms with Crippen LogP contribution < -0.4 is 10.2 Å². The Morgan fingerprint density at radius 2 is 2.12 bits per heavy atom. The van der Waals surface area contributed by atoms with Crippen LogP contribution in [-0.4, -0.2) is 38.6 Å². The van der Waals surface area contributed by atoms with Gasteiger partial charge in [-0.25, -0.2) is 14.8 Å². The van der Waals surface area contributed by atoms with Crippen molar-refractivity contribution >= 4 is 23.3 Å². The Balaban J connectivity index is 1.92. The molecule has 2 aromatic rings. The molecule has 25 heavy (non-hydrogen) atoms. The average Bonchev–Trinajstić information content (AvgIpc) is 3.10. The molecule has 0 radical (unpaired) electrons. The molecule has 0 aliphatic carbocycles. The van der Waals surface area contributed by atoms with Gasteiger partial charge >= 0.3 is 11.7 Å². The average molecular weight is 343 g/mol. The fourth-order valence-corrected chi connectivity index (χ4v) is 2.94. The standard InChI is InChI=1S/C16H17N5O4/c22-16(23)12-7-4-8-20(12)15-13(21(24)25)14(18-10-19-15)17-9-11-5-2-1-3-6-11/h1-3,5-6,10,12H,4,7-9H2,(H,22,23)(H,17,18,19)/t12-/m1/s1. The van der Waals surface area contributed by atoms with Crippen LogP contribution in [0.25, 0.3) is 0 Å². The van der Waals surface area contributed by atoms with Crippen molar-refractivity contribution in [2.45, 2.75) is 25.4 Å². The lowest BCUT2D eigenvalue weighted by molar-refractivity contribution is -0.383. The SMILES string of the molecule is O=C(O)[C@H]1CCCN1c1ncnc(NCc2ccccc2)c1[N+](=O)[O-]. The van der Waals surface area contributed by atoms with Gasteiger partial charge in [0.2, 0.25) is 11.6 Å². The number of aliphatic carboxylic acids is 1. The predicted octanol–water partition coefficient (Wildman–Crippen LogP) is 2.05. The molecule has 1 aromatic carbocycles. The van der Waals surface area contributed by atoms with Gasteiger partial charge in [-0.3, -0.25) is 10.1 Å². The fraction of sp³-hybridized carbons (Fsp3) is 0.312. The number of hydrogen-bond donors (Lipinski definition) is 2. The normalized spacial score (nSPS) is 16.6. The fourth-order valence-electron chi connectivity index (χ4n) is 2.94. The Hall–Kier alpha value is -3.23. The Labute approximate surface area is 143 Å². The molecule has 1 saturated heterocycles. The zero-order chi connectivity index (χ0) is 17.8. The van der Waals surface area contributed by atoms with E-state index in [1.165, 1.54) is 11.2 Å². The van der Waals surface area contributed by atoms with Crippen molar-refractivity contribution in [1.29, 1.82) is 0 Å². The Kier molecular flexibility index (Phi) is 4.73. The third-order valence-corrected chi connectivity index (χ3v) is 4.10. The van der Waals surface area contributed by atoms with Crippen molar-refractivity contribution < 1.29 is 14.8 Å². The number of anilines is 2. The predicted molar refractivity (Wildman–Crippen MR) is 90.5 cm³/mol. The maximum Gasteiger partial charge on any atom is 0.353 e. The van der Waals surface area contributed by atoms with E-state index < -0.39 is 16.9 Å². The summed E-state index contributed by atoms with van der Waals surface area (Å²) in [6.07, 6.45) is 2.29. The Morgan fingerprint density at radius 1 is 1.36 bits per heavy atom. The first-order chi connectivity index (χ1) is 12.1. The van der Waals surface area contributed by atoms with Gasteiger partial charge in [-0.2, -0.15) is 0 Å². The second-order valence-electron chi connectivity index (χ2n) is 5.68. The molecule has 0 amide bonds. The zero-order valence-corrected chi connectivity index (χ0v) is 13.3. The second-order valence-corrected chi connectivity index (χ2v) is 5.68. The number of nitrogens with one attached hydrogen (secondary N) is 1. The molecule has 1 aliphatic heterocycles. The third kappa shape index (κ3) is 3.49. The minimum absolute atomic E-state index is 0.0421. The largest absolute Gasteiger partial charge is 0.480 e. The molecule has 1 fully saturated rings. The smallest absolute Gasteiger partial charge is 0.353 e.